The van der Waals surface area contributed by atoms with E-state index in [-0.39, 0.29) is 29.3 Å². The minimum Gasteiger partial charge on any atom is -0.495 e. The third-order valence-electron chi connectivity index (χ3n) is 3.89. The first-order valence-electron chi connectivity index (χ1n) is 8.36. The number of aromatic nitrogens is 2. The summed E-state index contributed by atoms with van der Waals surface area (Å²) in [6.07, 6.45) is 0.331. The Kier molecular flexibility index (Phi) is 6.22. The molecule has 0 amide bonds. The minimum absolute atomic E-state index is 0.0513. The summed E-state index contributed by atoms with van der Waals surface area (Å²) in [6.45, 7) is 0.292. The molecule has 7 nitrogen and oxygen atoms in total. The van der Waals surface area contributed by atoms with Crippen LogP contribution in [0.3, 0.4) is 0 Å². The van der Waals surface area contributed by atoms with Gasteiger partial charge < -0.3 is 4.74 Å². The predicted octanol–water partition coefficient (Wildman–Crippen LogP) is 2.49. The quantitative estimate of drug-likeness (QED) is 0.562. The zero-order valence-corrected chi connectivity index (χ0v) is 16.6. The molecule has 28 heavy (non-hydrogen) atoms. The van der Waals surface area contributed by atoms with E-state index in [2.05, 4.69) is 9.82 Å². The number of aryl methyl sites for hydroxylation is 1. The lowest BCUT2D eigenvalue weighted by Crippen LogP contribution is -2.28. The van der Waals surface area contributed by atoms with Crippen molar-refractivity contribution in [2.24, 2.45) is 0 Å². The molecule has 3 rings (SSSR count). The Morgan fingerprint density at radius 3 is 2.79 bits per heavy atom. The molecule has 0 bridgehead atoms. The fourth-order valence-electron chi connectivity index (χ4n) is 2.54. The van der Waals surface area contributed by atoms with Gasteiger partial charge in [0.25, 0.3) is 5.56 Å². The lowest BCUT2D eigenvalue weighted by atomic mass is 10.3. The summed E-state index contributed by atoms with van der Waals surface area (Å²) in [5.74, 6) is -0.627. The number of sulfonamides is 1. The monoisotopic (exact) mass is 423 g/mol. The van der Waals surface area contributed by atoms with E-state index in [9.17, 15) is 17.6 Å². The van der Waals surface area contributed by atoms with Crippen molar-refractivity contribution in [3.8, 4) is 16.3 Å². The summed E-state index contributed by atoms with van der Waals surface area (Å²) in [7, 11) is -2.64. The van der Waals surface area contributed by atoms with E-state index in [1.807, 2.05) is 17.5 Å². The van der Waals surface area contributed by atoms with Gasteiger partial charge in [0.1, 0.15) is 22.2 Å². The predicted molar refractivity (Wildman–Crippen MR) is 105 cm³/mol. The number of ether oxygens (including phenoxy) is 1. The Morgan fingerprint density at radius 1 is 1.25 bits per heavy atom. The second kappa shape index (κ2) is 8.63. The highest BCUT2D eigenvalue weighted by atomic mass is 32.2. The number of halogens is 1. The number of thiophene rings is 1. The van der Waals surface area contributed by atoms with Crippen molar-refractivity contribution in [3.63, 3.8) is 0 Å². The van der Waals surface area contributed by atoms with Crippen LogP contribution >= 0.6 is 11.3 Å². The van der Waals surface area contributed by atoms with Crippen LogP contribution in [0.4, 0.5) is 4.39 Å². The molecule has 148 valence electrons. The van der Waals surface area contributed by atoms with Crippen LogP contribution in [0.1, 0.15) is 6.42 Å². The first-order chi connectivity index (χ1) is 13.4. The number of nitrogens with one attached hydrogen (secondary N) is 1. The molecule has 1 aromatic carbocycles. The molecule has 0 atom stereocenters. The van der Waals surface area contributed by atoms with E-state index in [1.54, 1.807) is 6.07 Å². The van der Waals surface area contributed by atoms with Gasteiger partial charge in [-0.15, -0.1) is 11.3 Å². The van der Waals surface area contributed by atoms with Gasteiger partial charge in [-0.1, -0.05) is 6.07 Å². The molecule has 0 radical (unpaired) electrons. The largest absolute Gasteiger partial charge is 0.495 e. The van der Waals surface area contributed by atoms with Gasteiger partial charge in [0.15, 0.2) is 0 Å². The van der Waals surface area contributed by atoms with E-state index in [0.29, 0.717) is 12.1 Å². The summed E-state index contributed by atoms with van der Waals surface area (Å²) in [5, 5.41) is 6.23. The fraction of sp³-hybridized carbons (Fsp3) is 0.222. The molecule has 0 saturated heterocycles. The van der Waals surface area contributed by atoms with Crippen molar-refractivity contribution < 1.29 is 17.5 Å². The Labute approximate surface area is 165 Å². The molecule has 0 aliphatic carbocycles. The van der Waals surface area contributed by atoms with Gasteiger partial charge in [-0.25, -0.2) is 22.2 Å². The highest BCUT2D eigenvalue weighted by Crippen LogP contribution is 2.24. The number of benzene rings is 1. The van der Waals surface area contributed by atoms with Crippen molar-refractivity contribution in [1.29, 1.82) is 0 Å². The van der Waals surface area contributed by atoms with Gasteiger partial charge in [-0.2, -0.15) is 5.10 Å². The van der Waals surface area contributed by atoms with Crippen molar-refractivity contribution in [2.75, 3.05) is 13.7 Å². The number of nitrogens with zero attached hydrogens (tertiary/aromatic N) is 2. The Balaban J connectivity index is 1.65. The molecule has 0 unspecified atom stereocenters. The summed E-state index contributed by atoms with van der Waals surface area (Å²) < 4.78 is 46.9. The normalized spacial score (nSPS) is 11.5. The average molecular weight is 423 g/mol. The van der Waals surface area contributed by atoms with Crippen molar-refractivity contribution in [3.05, 3.63) is 64.0 Å². The van der Waals surface area contributed by atoms with Crippen molar-refractivity contribution in [1.82, 2.24) is 14.5 Å². The van der Waals surface area contributed by atoms with Crippen LogP contribution in [0.15, 0.2) is 57.5 Å². The van der Waals surface area contributed by atoms with E-state index < -0.39 is 15.8 Å². The highest BCUT2D eigenvalue weighted by Gasteiger charge is 2.19. The molecule has 0 fully saturated rings. The van der Waals surface area contributed by atoms with E-state index in [1.165, 1.54) is 35.3 Å². The first-order valence-corrected chi connectivity index (χ1v) is 10.7. The Morgan fingerprint density at radius 2 is 2.07 bits per heavy atom. The molecule has 1 N–H and O–H groups in total. The zero-order valence-electron chi connectivity index (χ0n) is 15.0. The molecule has 0 spiro atoms. The number of methoxy groups -OCH3 is 1. The maximum absolute atomic E-state index is 13.4. The molecule has 3 aromatic rings. The van der Waals surface area contributed by atoms with E-state index in [4.69, 9.17) is 4.74 Å². The van der Waals surface area contributed by atoms with Crippen molar-refractivity contribution in [2.45, 2.75) is 17.9 Å². The smallest absolute Gasteiger partial charge is 0.266 e. The van der Waals surface area contributed by atoms with Crippen LogP contribution in [0.2, 0.25) is 0 Å². The number of hydrogen-bond donors (Lipinski definition) is 1. The average Bonchev–Trinajstić information content (AvgIpc) is 3.21. The standard InChI is InChI=1S/C18H18FN3O4S2/c1-26-15-7-5-13(19)12-17(15)28(24,25)20-9-3-10-22-18(23)8-6-14(21-22)16-4-2-11-27-16/h2,4-8,11-12,20H,3,9-10H2,1H3. The Hall–Kier alpha value is -2.56. The van der Waals surface area contributed by atoms with Gasteiger partial charge >= 0.3 is 0 Å². The molecule has 2 heterocycles. The summed E-state index contributed by atoms with van der Waals surface area (Å²) in [6, 6.07) is 10.2. The van der Waals surface area contributed by atoms with Crippen LogP contribution in [-0.4, -0.2) is 31.9 Å². The van der Waals surface area contributed by atoms with Crippen LogP contribution in [-0.2, 0) is 16.6 Å². The second-order valence-corrected chi connectivity index (χ2v) is 8.49. The minimum atomic E-state index is -3.95. The van der Waals surface area contributed by atoms with Crippen LogP contribution in [0.25, 0.3) is 10.6 Å². The maximum Gasteiger partial charge on any atom is 0.266 e. The van der Waals surface area contributed by atoms with Gasteiger partial charge in [-0.3, -0.25) is 4.79 Å². The third-order valence-corrected chi connectivity index (χ3v) is 6.27. The lowest BCUT2D eigenvalue weighted by Gasteiger charge is -2.11. The molecule has 0 aliphatic rings. The van der Waals surface area contributed by atoms with E-state index >= 15 is 0 Å². The van der Waals surface area contributed by atoms with E-state index in [0.717, 1.165) is 17.0 Å². The van der Waals surface area contributed by atoms with Crippen molar-refractivity contribution >= 4 is 21.4 Å². The van der Waals surface area contributed by atoms with Gasteiger partial charge in [-0.05, 0) is 42.1 Å². The SMILES string of the molecule is COc1ccc(F)cc1S(=O)(=O)NCCCn1nc(-c2cccs2)ccc1=O. The summed E-state index contributed by atoms with van der Waals surface area (Å²) >= 11 is 1.51. The molecular weight excluding hydrogens is 405 g/mol. The van der Waals surface area contributed by atoms with Crippen LogP contribution < -0.4 is 15.0 Å². The molecule has 10 heteroatoms. The summed E-state index contributed by atoms with van der Waals surface area (Å²) in [4.78, 5) is 12.6. The van der Waals surface area contributed by atoms with Gasteiger partial charge in [0.05, 0.1) is 12.0 Å². The van der Waals surface area contributed by atoms with Crippen LogP contribution in [0.5, 0.6) is 5.75 Å². The fourth-order valence-corrected chi connectivity index (χ4v) is 4.48. The topological polar surface area (TPSA) is 90.3 Å². The first kappa shape index (κ1) is 20.2. The number of hydrogen-bond acceptors (Lipinski definition) is 6. The second-order valence-electron chi connectivity index (χ2n) is 5.80. The molecule has 0 saturated carbocycles. The highest BCUT2D eigenvalue weighted by molar-refractivity contribution is 7.89. The van der Waals surface area contributed by atoms with Gasteiger partial charge in [0, 0.05) is 19.2 Å². The zero-order chi connectivity index (χ0) is 20.1. The molecule has 2 aromatic heterocycles. The summed E-state index contributed by atoms with van der Waals surface area (Å²) in [5.41, 5.74) is 0.412. The van der Waals surface area contributed by atoms with Gasteiger partial charge in [0.2, 0.25) is 10.0 Å². The Bertz CT molecular complexity index is 1110. The van der Waals surface area contributed by atoms with Crippen LogP contribution in [0, 0.1) is 5.82 Å². The molecular formula is C18H18FN3O4S2. The lowest BCUT2D eigenvalue weighted by molar-refractivity contribution is 0.400. The third kappa shape index (κ3) is 4.64. The maximum atomic E-state index is 13.4. The number of rotatable bonds is 8. The molecule has 0 aliphatic heterocycles.